The minimum absolute atomic E-state index is 0.401. The highest BCUT2D eigenvalue weighted by molar-refractivity contribution is 7.83. The molecule has 0 fully saturated rings. The van der Waals surface area contributed by atoms with E-state index in [-0.39, 0.29) is 0 Å². The summed E-state index contributed by atoms with van der Waals surface area (Å²) in [6, 6.07) is 14.1. The van der Waals surface area contributed by atoms with E-state index in [0.717, 1.165) is 11.1 Å². The number of carbonyl (C=O) groups excluding carboxylic acids is 1. The number of carbonyl (C=O) groups is 1. The molecule has 2 rings (SSSR count). The highest BCUT2D eigenvalue weighted by Crippen LogP contribution is 2.48. The van der Waals surface area contributed by atoms with Crippen molar-refractivity contribution >= 4 is 18.2 Å². The summed E-state index contributed by atoms with van der Waals surface area (Å²) in [4.78, 5) is 12.5. The molecule has 0 saturated carbocycles. The Labute approximate surface area is 119 Å². The number of hydrogen-bond acceptors (Lipinski definition) is 3. The van der Waals surface area contributed by atoms with E-state index in [1.165, 1.54) is 7.11 Å². The van der Waals surface area contributed by atoms with Gasteiger partial charge >= 0.3 is 7.37 Å². The number of rotatable bonds is 4. The van der Waals surface area contributed by atoms with Gasteiger partial charge in [-0.1, -0.05) is 48.0 Å². The molecular formula is C16H17O3P. The molecule has 2 aromatic carbocycles. The van der Waals surface area contributed by atoms with Crippen LogP contribution >= 0.6 is 7.37 Å². The molecule has 0 saturated heterocycles. The van der Waals surface area contributed by atoms with Crippen molar-refractivity contribution in [1.29, 1.82) is 0 Å². The van der Waals surface area contributed by atoms with Crippen LogP contribution < -0.4 is 5.30 Å². The van der Waals surface area contributed by atoms with E-state index in [2.05, 4.69) is 0 Å². The van der Waals surface area contributed by atoms with Crippen molar-refractivity contribution < 1.29 is 13.9 Å². The van der Waals surface area contributed by atoms with E-state index >= 15 is 0 Å². The van der Waals surface area contributed by atoms with Gasteiger partial charge in [-0.05, 0) is 25.5 Å². The van der Waals surface area contributed by atoms with E-state index in [4.69, 9.17) is 4.52 Å². The maximum atomic E-state index is 13.0. The van der Waals surface area contributed by atoms with E-state index in [1.54, 1.807) is 30.3 Å². The molecule has 1 atom stereocenters. The Morgan fingerprint density at radius 1 is 1.05 bits per heavy atom. The van der Waals surface area contributed by atoms with Crippen LogP contribution in [0.1, 0.15) is 21.5 Å². The zero-order valence-electron chi connectivity index (χ0n) is 11.8. The van der Waals surface area contributed by atoms with Crippen LogP contribution in [0.2, 0.25) is 0 Å². The summed E-state index contributed by atoms with van der Waals surface area (Å²) in [7, 11) is -2.24. The Bertz CT molecular complexity index is 677. The molecule has 2 aromatic rings. The quantitative estimate of drug-likeness (QED) is 0.806. The fraction of sp³-hybridized carbons (Fsp3) is 0.188. The fourth-order valence-electron chi connectivity index (χ4n) is 2.18. The standard InChI is InChI=1S/C16H17O3P/c1-12-9-10-15(13(2)11-12)20(18,19-3)16(17)14-7-5-4-6-8-14/h4-11H,1-3H3. The Morgan fingerprint density at radius 3 is 2.25 bits per heavy atom. The topological polar surface area (TPSA) is 43.4 Å². The minimum Gasteiger partial charge on any atom is -0.323 e. The van der Waals surface area contributed by atoms with Gasteiger partial charge in [0.25, 0.3) is 5.52 Å². The zero-order chi connectivity index (χ0) is 14.8. The van der Waals surface area contributed by atoms with Gasteiger partial charge < -0.3 is 4.52 Å². The van der Waals surface area contributed by atoms with Crippen molar-refractivity contribution in [3.63, 3.8) is 0 Å². The van der Waals surface area contributed by atoms with E-state index in [9.17, 15) is 9.36 Å². The third-order valence-corrected chi connectivity index (χ3v) is 5.66. The molecule has 0 radical (unpaired) electrons. The first-order chi connectivity index (χ1) is 9.49. The molecule has 0 aromatic heterocycles. The molecule has 4 heteroatoms. The highest BCUT2D eigenvalue weighted by atomic mass is 31.2. The molecule has 104 valence electrons. The smallest absolute Gasteiger partial charge is 0.300 e. The lowest BCUT2D eigenvalue weighted by Gasteiger charge is -2.17. The average Bonchev–Trinajstić information content (AvgIpc) is 2.46. The Kier molecular flexibility index (Phi) is 4.22. The molecule has 0 N–H and O–H groups in total. The van der Waals surface area contributed by atoms with Crippen LogP contribution in [0.4, 0.5) is 0 Å². The SMILES string of the molecule is COP(=O)(C(=O)c1ccccc1)c1ccc(C)cc1C. The van der Waals surface area contributed by atoms with Gasteiger partial charge in [0, 0.05) is 18.0 Å². The molecule has 0 aliphatic carbocycles. The third-order valence-electron chi connectivity index (χ3n) is 3.21. The second-order valence-corrected chi connectivity index (χ2v) is 7.05. The van der Waals surface area contributed by atoms with Crippen LogP contribution in [-0.2, 0) is 9.09 Å². The molecule has 0 aliphatic heterocycles. The van der Waals surface area contributed by atoms with Crippen molar-refractivity contribution in [2.24, 2.45) is 0 Å². The van der Waals surface area contributed by atoms with Gasteiger partial charge in [-0.15, -0.1) is 0 Å². The van der Waals surface area contributed by atoms with Gasteiger partial charge in [-0.25, -0.2) is 0 Å². The summed E-state index contributed by atoms with van der Waals surface area (Å²) < 4.78 is 18.2. The van der Waals surface area contributed by atoms with Crippen LogP contribution in [0.3, 0.4) is 0 Å². The maximum absolute atomic E-state index is 13.0. The predicted molar refractivity (Wildman–Crippen MR) is 80.9 cm³/mol. The third kappa shape index (κ3) is 2.60. The first-order valence-corrected chi connectivity index (χ1v) is 7.95. The largest absolute Gasteiger partial charge is 0.323 e. The number of aryl methyl sites for hydroxylation is 2. The van der Waals surface area contributed by atoms with E-state index < -0.39 is 12.9 Å². The second kappa shape index (κ2) is 5.74. The summed E-state index contributed by atoms with van der Waals surface area (Å²) in [5, 5.41) is 0.472. The van der Waals surface area contributed by atoms with Crippen LogP contribution in [0, 0.1) is 13.8 Å². The van der Waals surface area contributed by atoms with Gasteiger partial charge in [0.1, 0.15) is 0 Å². The predicted octanol–water partition coefficient (Wildman–Crippen LogP) is 3.69. The summed E-state index contributed by atoms with van der Waals surface area (Å²) in [6.07, 6.45) is 0. The van der Waals surface area contributed by atoms with Crippen LogP contribution in [-0.4, -0.2) is 12.6 Å². The molecule has 1 unspecified atom stereocenters. The molecule has 0 heterocycles. The van der Waals surface area contributed by atoms with Crippen molar-refractivity contribution in [1.82, 2.24) is 0 Å². The van der Waals surface area contributed by atoms with Crippen LogP contribution in [0.15, 0.2) is 48.5 Å². The molecule has 0 aliphatic rings. The van der Waals surface area contributed by atoms with Crippen LogP contribution in [0.5, 0.6) is 0 Å². The normalized spacial score (nSPS) is 13.8. The molecule has 20 heavy (non-hydrogen) atoms. The average molecular weight is 288 g/mol. The van der Waals surface area contributed by atoms with Gasteiger partial charge in [0.2, 0.25) is 0 Å². The van der Waals surface area contributed by atoms with Crippen molar-refractivity contribution in [2.45, 2.75) is 13.8 Å². The van der Waals surface area contributed by atoms with E-state index in [0.29, 0.717) is 10.9 Å². The first-order valence-electron chi connectivity index (χ1n) is 6.32. The lowest BCUT2D eigenvalue weighted by atomic mass is 10.2. The molecular weight excluding hydrogens is 271 g/mol. The summed E-state index contributed by atoms with van der Waals surface area (Å²) in [5.41, 5.74) is 1.80. The van der Waals surface area contributed by atoms with Gasteiger partial charge in [0.15, 0.2) is 0 Å². The minimum atomic E-state index is -3.56. The number of benzene rings is 2. The first kappa shape index (κ1) is 14.7. The molecule has 0 spiro atoms. The van der Waals surface area contributed by atoms with Crippen LogP contribution in [0.25, 0.3) is 0 Å². The zero-order valence-corrected chi connectivity index (χ0v) is 12.7. The lowest BCUT2D eigenvalue weighted by Crippen LogP contribution is -2.17. The Balaban J connectivity index is 2.54. The molecule has 0 bridgehead atoms. The van der Waals surface area contributed by atoms with Crippen molar-refractivity contribution in [3.8, 4) is 0 Å². The molecule has 0 amide bonds. The highest BCUT2D eigenvalue weighted by Gasteiger charge is 2.36. The maximum Gasteiger partial charge on any atom is 0.300 e. The Morgan fingerprint density at radius 2 is 1.70 bits per heavy atom. The summed E-state index contributed by atoms with van der Waals surface area (Å²) in [6.45, 7) is 3.79. The lowest BCUT2D eigenvalue weighted by molar-refractivity contribution is 0.106. The second-order valence-electron chi connectivity index (χ2n) is 4.70. The number of hydrogen-bond donors (Lipinski definition) is 0. The van der Waals surface area contributed by atoms with Crippen molar-refractivity contribution in [2.75, 3.05) is 7.11 Å². The van der Waals surface area contributed by atoms with Gasteiger partial charge in [0.05, 0.1) is 0 Å². The monoisotopic (exact) mass is 288 g/mol. The molecule has 3 nitrogen and oxygen atoms in total. The summed E-state index contributed by atoms with van der Waals surface area (Å²) >= 11 is 0. The Hall–Kier alpha value is -1.70. The van der Waals surface area contributed by atoms with Crippen molar-refractivity contribution in [3.05, 3.63) is 65.2 Å². The van der Waals surface area contributed by atoms with Gasteiger partial charge in [-0.3, -0.25) is 9.36 Å². The summed E-state index contributed by atoms with van der Waals surface area (Å²) in [5.74, 6) is 0. The fourth-order valence-corrected chi connectivity index (χ4v) is 4.05. The van der Waals surface area contributed by atoms with Gasteiger partial charge in [-0.2, -0.15) is 0 Å². The van der Waals surface area contributed by atoms with E-state index in [1.807, 2.05) is 32.0 Å².